The van der Waals surface area contributed by atoms with Gasteiger partial charge in [0, 0.05) is 21.7 Å². The molecule has 6 heteroatoms. The van der Waals surface area contributed by atoms with Gasteiger partial charge in [-0.05, 0) is 55.5 Å². The van der Waals surface area contributed by atoms with E-state index in [0.29, 0.717) is 10.6 Å². The van der Waals surface area contributed by atoms with E-state index >= 15 is 0 Å². The highest BCUT2D eigenvalue weighted by molar-refractivity contribution is 6.36. The van der Waals surface area contributed by atoms with Crippen LogP contribution in [0.2, 0.25) is 10.0 Å². The molecule has 1 heterocycles. The first kappa shape index (κ1) is 18.9. The van der Waals surface area contributed by atoms with E-state index in [1.807, 2.05) is 24.3 Å². The molecule has 0 atom stereocenters. The quantitative estimate of drug-likeness (QED) is 0.420. The van der Waals surface area contributed by atoms with Crippen molar-refractivity contribution in [2.75, 3.05) is 6.61 Å². The minimum atomic E-state index is -0.504. The van der Waals surface area contributed by atoms with Gasteiger partial charge in [0.2, 0.25) is 5.78 Å². The third-order valence-corrected chi connectivity index (χ3v) is 5.49. The molecule has 1 aliphatic rings. The third kappa shape index (κ3) is 3.62. The number of ketones is 1. The van der Waals surface area contributed by atoms with Crippen LogP contribution in [0.15, 0.2) is 42.5 Å². The van der Waals surface area contributed by atoms with Gasteiger partial charge in [0.05, 0.1) is 16.1 Å². The standard InChI is InChI=1S/C22H17Cl2NO3/c23-13-9-10-14(17(24)11-13)20(26)12-28-22(27)21-15-5-1-3-7-18(15)25-19-8-4-2-6-16(19)21/h1,3,5,7,9-11H,2,4,6,8,12H2. The van der Waals surface area contributed by atoms with Gasteiger partial charge in [-0.2, -0.15) is 0 Å². The van der Waals surface area contributed by atoms with E-state index in [4.69, 9.17) is 32.9 Å². The average Bonchev–Trinajstić information content (AvgIpc) is 2.70. The molecule has 0 aliphatic heterocycles. The number of fused-ring (bicyclic) bond motifs is 2. The molecule has 0 amide bonds. The predicted molar refractivity (Wildman–Crippen MR) is 109 cm³/mol. The van der Waals surface area contributed by atoms with Crippen LogP contribution in [-0.2, 0) is 17.6 Å². The third-order valence-electron chi connectivity index (χ3n) is 4.94. The Kier molecular flexibility index (Phi) is 5.33. The van der Waals surface area contributed by atoms with E-state index in [1.54, 1.807) is 6.07 Å². The molecular weight excluding hydrogens is 397 g/mol. The number of hydrogen-bond donors (Lipinski definition) is 0. The van der Waals surface area contributed by atoms with Crippen LogP contribution in [0.3, 0.4) is 0 Å². The molecule has 0 saturated heterocycles. The van der Waals surface area contributed by atoms with Gasteiger partial charge in [0.25, 0.3) is 0 Å². The molecule has 0 spiro atoms. The monoisotopic (exact) mass is 413 g/mol. The maximum absolute atomic E-state index is 12.9. The highest BCUT2D eigenvalue weighted by Gasteiger charge is 2.24. The second-order valence-corrected chi connectivity index (χ2v) is 7.60. The van der Waals surface area contributed by atoms with Crippen molar-refractivity contribution < 1.29 is 14.3 Å². The first-order valence-corrected chi connectivity index (χ1v) is 9.86. The molecule has 0 bridgehead atoms. The number of carbonyl (C=O) groups is 2. The first-order chi connectivity index (χ1) is 13.5. The summed E-state index contributed by atoms with van der Waals surface area (Å²) in [4.78, 5) is 30.1. The number of benzene rings is 2. The van der Waals surface area contributed by atoms with E-state index < -0.39 is 5.97 Å². The molecule has 0 N–H and O–H groups in total. The zero-order valence-corrected chi connectivity index (χ0v) is 16.5. The van der Waals surface area contributed by atoms with Crippen LogP contribution in [0.4, 0.5) is 0 Å². The summed E-state index contributed by atoms with van der Waals surface area (Å²) < 4.78 is 5.40. The summed E-state index contributed by atoms with van der Waals surface area (Å²) >= 11 is 11.9. The fourth-order valence-corrected chi connectivity index (χ4v) is 4.12. The highest BCUT2D eigenvalue weighted by atomic mass is 35.5. The fraction of sp³-hybridized carbons (Fsp3) is 0.227. The summed E-state index contributed by atoms with van der Waals surface area (Å²) in [6.07, 6.45) is 3.70. The number of Topliss-reactive ketones (excluding diaryl/α,β-unsaturated/α-hetero) is 1. The lowest BCUT2D eigenvalue weighted by atomic mass is 9.90. The summed E-state index contributed by atoms with van der Waals surface area (Å²) in [5.74, 6) is -0.877. The van der Waals surface area contributed by atoms with Gasteiger partial charge in [-0.3, -0.25) is 9.78 Å². The van der Waals surface area contributed by atoms with Crippen LogP contribution in [0.25, 0.3) is 10.9 Å². The van der Waals surface area contributed by atoms with Gasteiger partial charge >= 0.3 is 5.97 Å². The molecule has 28 heavy (non-hydrogen) atoms. The number of halogens is 2. The second-order valence-electron chi connectivity index (χ2n) is 6.76. The first-order valence-electron chi connectivity index (χ1n) is 9.10. The van der Waals surface area contributed by atoms with Crippen molar-refractivity contribution in [1.82, 2.24) is 4.98 Å². The van der Waals surface area contributed by atoms with Crippen LogP contribution in [0, 0.1) is 0 Å². The van der Waals surface area contributed by atoms with Crippen LogP contribution in [-0.4, -0.2) is 23.3 Å². The summed E-state index contributed by atoms with van der Waals surface area (Å²) in [5, 5.41) is 1.43. The van der Waals surface area contributed by atoms with E-state index in [2.05, 4.69) is 0 Å². The zero-order valence-electron chi connectivity index (χ0n) is 15.0. The molecule has 3 aromatic rings. The van der Waals surface area contributed by atoms with E-state index in [0.717, 1.165) is 47.8 Å². The fourth-order valence-electron chi connectivity index (χ4n) is 3.60. The van der Waals surface area contributed by atoms with Gasteiger partial charge in [-0.1, -0.05) is 41.4 Å². The minimum Gasteiger partial charge on any atom is -0.454 e. The number of nitrogens with zero attached hydrogens (tertiary/aromatic N) is 1. The van der Waals surface area contributed by atoms with Crippen molar-refractivity contribution in [3.63, 3.8) is 0 Å². The Morgan fingerprint density at radius 3 is 2.64 bits per heavy atom. The number of aryl methyl sites for hydroxylation is 1. The predicted octanol–water partition coefficient (Wildman–Crippen LogP) is 5.46. The number of rotatable bonds is 4. The van der Waals surface area contributed by atoms with Crippen molar-refractivity contribution in [3.8, 4) is 0 Å². The average molecular weight is 414 g/mol. The second kappa shape index (κ2) is 7.90. The minimum absolute atomic E-state index is 0.236. The smallest absolute Gasteiger partial charge is 0.339 e. The zero-order chi connectivity index (χ0) is 19.7. The van der Waals surface area contributed by atoms with Gasteiger partial charge in [-0.15, -0.1) is 0 Å². The van der Waals surface area contributed by atoms with E-state index in [9.17, 15) is 9.59 Å². The Morgan fingerprint density at radius 1 is 1.04 bits per heavy atom. The molecule has 0 unspecified atom stereocenters. The normalized spacial score (nSPS) is 13.2. The number of esters is 1. The molecule has 1 aromatic heterocycles. The topological polar surface area (TPSA) is 56.3 Å². The number of aromatic nitrogens is 1. The Morgan fingerprint density at radius 2 is 1.82 bits per heavy atom. The Labute approximate surface area is 172 Å². The van der Waals surface area contributed by atoms with Crippen molar-refractivity contribution in [3.05, 3.63) is 74.9 Å². The molecule has 4 nitrogen and oxygen atoms in total. The lowest BCUT2D eigenvalue weighted by Gasteiger charge is -2.19. The molecule has 0 saturated carbocycles. The highest BCUT2D eigenvalue weighted by Crippen LogP contribution is 2.30. The van der Waals surface area contributed by atoms with E-state index in [1.165, 1.54) is 12.1 Å². The van der Waals surface area contributed by atoms with Gasteiger partial charge in [-0.25, -0.2) is 4.79 Å². The van der Waals surface area contributed by atoms with Crippen molar-refractivity contribution in [1.29, 1.82) is 0 Å². The summed E-state index contributed by atoms with van der Waals surface area (Å²) in [6.45, 7) is -0.383. The van der Waals surface area contributed by atoms with Gasteiger partial charge in [0.1, 0.15) is 0 Å². The van der Waals surface area contributed by atoms with Crippen LogP contribution >= 0.6 is 23.2 Å². The molecule has 142 valence electrons. The number of pyridine rings is 1. The molecule has 1 aliphatic carbocycles. The molecule has 0 radical (unpaired) electrons. The maximum atomic E-state index is 12.9. The Balaban J connectivity index is 1.63. The molecule has 2 aromatic carbocycles. The number of hydrogen-bond acceptors (Lipinski definition) is 4. The SMILES string of the molecule is O=C(COC(=O)c1c2c(nc3ccccc13)CCCC2)c1ccc(Cl)cc1Cl. The van der Waals surface area contributed by atoms with E-state index in [-0.39, 0.29) is 23.0 Å². The Bertz CT molecular complexity index is 1090. The van der Waals surface area contributed by atoms with Crippen LogP contribution in [0.1, 0.15) is 44.8 Å². The van der Waals surface area contributed by atoms with Crippen molar-refractivity contribution >= 4 is 45.9 Å². The van der Waals surface area contributed by atoms with Crippen molar-refractivity contribution in [2.45, 2.75) is 25.7 Å². The number of carbonyl (C=O) groups excluding carboxylic acids is 2. The summed E-state index contributed by atoms with van der Waals surface area (Å²) in [7, 11) is 0. The lowest BCUT2D eigenvalue weighted by molar-refractivity contribution is 0.0475. The summed E-state index contributed by atoms with van der Waals surface area (Å²) in [6, 6.07) is 12.1. The Hall–Kier alpha value is -2.43. The van der Waals surface area contributed by atoms with Crippen LogP contribution in [0.5, 0.6) is 0 Å². The molecular formula is C22H17Cl2NO3. The number of para-hydroxylation sites is 1. The maximum Gasteiger partial charge on any atom is 0.339 e. The molecule has 0 fully saturated rings. The lowest BCUT2D eigenvalue weighted by Crippen LogP contribution is -2.19. The summed E-state index contributed by atoms with van der Waals surface area (Å²) in [5.41, 5.74) is 3.45. The van der Waals surface area contributed by atoms with Gasteiger partial charge in [0.15, 0.2) is 6.61 Å². The number of ether oxygens (including phenoxy) is 1. The van der Waals surface area contributed by atoms with Gasteiger partial charge < -0.3 is 4.74 Å². The molecule has 4 rings (SSSR count). The van der Waals surface area contributed by atoms with Crippen LogP contribution < -0.4 is 0 Å². The van der Waals surface area contributed by atoms with Crippen molar-refractivity contribution in [2.24, 2.45) is 0 Å². The largest absolute Gasteiger partial charge is 0.454 e.